The van der Waals surface area contributed by atoms with E-state index in [0.717, 1.165) is 37.1 Å². The summed E-state index contributed by atoms with van der Waals surface area (Å²) in [6.07, 6.45) is 3.41. The van der Waals surface area contributed by atoms with Gasteiger partial charge in [0, 0.05) is 12.7 Å². The summed E-state index contributed by atoms with van der Waals surface area (Å²) in [7, 11) is 0. The molecular formula is C14H19BrN2O2. The summed E-state index contributed by atoms with van der Waals surface area (Å²) in [5.41, 5.74) is 3.68. The summed E-state index contributed by atoms with van der Waals surface area (Å²) in [6, 6.07) is 0. The average molecular weight is 327 g/mol. The second-order valence-electron chi connectivity index (χ2n) is 5.21. The number of piperidine rings is 1. The minimum atomic E-state index is -0.656. The molecule has 2 rings (SSSR count). The van der Waals surface area contributed by atoms with E-state index in [4.69, 9.17) is 5.11 Å². The summed E-state index contributed by atoms with van der Waals surface area (Å²) >= 11 is 3.44. The van der Waals surface area contributed by atoms with Gasteiger partial charge in [0.15, 0.2) is 0 Å². The number of aliphatic carboxylic acids is 1. The normalized spacial score (nSPS) is 17.6. The Morgan fingerprint density at radius 3 is 2.63 bits per heavy atom. The second-order valence-corrected chi connectivity index (χ2v) is 5.96. The molecule has 0 aliphatic carbocycles. The number of carboxylic acids is 1. The predicted molar refractivity (Wildman–Crippen MR) is 77.0 cm³/mol. The monoisotopic (exact) mass is 326 g/mol. The van der Waals surface area contributed by atoms with Crippen molar-refractivity contribution in [2.24, 2.45) is 5.92 Å². The van der Waals surface area contributed by atoms with Gasteiger partial charge in [0.1, 0.15) is 4.60 Å². The smallest absolute Gasteiger partial charge is 0.306 e. The average Bonchev–Trinajstić information content (AvgIpc) is 2.40. The van der Waals surface area contributed by atoms with Gasteiger partial charge in [0.2, 0.25) is 0 Å². The number of carbonyl (C=O) groups is 1. The summed E-state index contributed by atoms with van der Waals surface area (Å²) in [5, 5.41) is 8.99. The summed E-state index contributed by atoms with van der Waals surface area (Å²) in [6.45, 7) is 6.74. The van der Waals surface area contributed by atoms with Crippen molar-refractivity contribution in [1.82, 2.24) is 9.88 Å². The topological polar surface area (TPSA) is 53.4 Å². The van der Waals surface area contributed by atoms with Crippen LogP contribution < -0.4 is 0 Å². The third-order valence-electron chi connectivity index (χ3n) is 4.02. The molecule has 19 heavy (non-hydrogen) atoms. The largest absolute Gasteiger partial charge is 0.481 e. The van der Waals surface area contributed by atoms with Crippen LogP contribution in [0.15, 0.2) is 10.8 Å². The van der Waals surface area contributed by atoms with Crippen molar-refractivity contribution in [1.29, 1.82) is 0 Å². The minimum Gasteiger partial charge on any atom is -0.481 e. The molecule has 0 unspecified atom stereocenters. The molecule has 1 saturated heterocycles. The predicted octanol–water partition coefficient (Wildman–Crippen LogP) is 2.76. The number of carboxylic acid groups (broad SMARTS) is 1. The third-order valence-corrected chi connectivity index (χ3v) is 4.82. The van der Waals surface area contributed by atoms with Crippen LogP contribution in [0.2, 0.25) is 0 Å². The maximum absolute atomic E-state index is 10.9. The van der Waals surface area contributed by atoms with E-state index in [9.17, 15) is 4.79 Å². The molecule has 0 radical (unpaired) electrons. The van der Waals surface area contributed by atoms with E-state index in [1.165, 1.54) is 16.7 Å². The summed E-state index contributed by atoms with van der Waals surface area (Å²) in [4.78, 5) is 17.6. The van der Waals surface area contributed by atoms with Gasteiger partial charge < -0.3 is 5.11 Å². The zero-order chi connectivity index (χ0) is 14.0. The van der Waals surface area contributed by atoms with Crippen molar-refractivity contribution in [3.05, 3.63) is 27.5 Å². The van der Waals surface area contributed by atoms with Crippen molar-refractivity contribution in [2.45, 2.75) is 33.2 Å². The Kier molecular flexibility index (Phi) is 4.58. The Balaban J connectivity index is 2.00. The van der Waals surface area contributed by atoms with E-state index in [0.29, 0.717) is 0 Å². The summed E-state index contributed by atoms with van der Waals surface area (Å²) in [5.74, 6) is -0.820. The first-order valence-electron chi connectivity index (χ1n) is 6.54. The molecule has 1 fully saturated rings. The van der Waals surface area contributed by atoms with E-state index < -0.39 is 5.97 Å². The van der Waals surface area contributed by atoms with Crippen molar-refractivity contribution >= 4 is 21.9 Å². The lowest BCUT2D eigenvalue weighted by Crippen LogP contribution is -2.36. The molecule has 0 amide bonds. The van der Waals surface area contributed by atoms with Gasteiger partial charge in [-0.3, -0.25) is 9.69 Å². The minimum absolute atomic E-state index is 0.165. The Morgan fingerprint density at radius 2 is 2.05 bits per heavy atom. The quantitative estimate of drug-likeness (QED) is 0.868. The molecule has 0 bridgehead atoms. The SMILES string of the molecule is Cc1c(CN2CCC(C(=O)O)CC2)cnc(Br)c1C. The first kappa shape index (κ1) is 14.5. The van der Waals surface area contributed by atoms with Crippen molar-refractivity contribution in [2.75, 3.05) is 13.1 Å². The van der Waals surface area contributed by atoms with Crippen molar-refractivity contribution in [3.63, 3.8) is 0 Å². The number of halogens is 1. The van der Waals surface area contributed by atoms with Crippen LogP contribution in [0.1, 0.15) is 29.5 Å². The van der Waals surface area contributed by atoms with Gasteiger partial charge in [-0.1, -0.05) is 0 Å². The number of likely N-dealkylation sites (tertiary alicyclic amines) is 1. The van der Waals surface area contributed by atoms with Crippen LogP contribution in [0.4, 0.5) is 0 Å². The molecule has 1 aromatic heterocycles. The van der Waals surface area contributed by atoms with Crippen LogP contribution in [0.3, 0.4) is 0 Å². The van der Waals surface area contributed by atoms with Crippen LogP contribution in [0.5, 0.6) is 0 Å². The van der Waals surface area contributed by atoms with E-state index in [2.05, 4.69) is 39.7 Å². The fraction of sp³-hybridized carbons (Fsp3) is 0.571. The molecule has 104 valence electrons. The van der Waals surface area contributed by atoms with Gasteiger partial charge in [0.25, 0.3) is 0 Å². The standard InChI is InChI=1S/C14H19BrN2O2/c1-9-10(2)13(15)16-7-12(9)8-17-5-3-11(4-6-17)14(18)19/h7,11H,3-6,8H2,1-2H3,(H,18,19). The Labute approximate surface area is 122 Å². The number of nitrogens with zero attached hydrogens (tertiary/aromatic N) is 2. The lowest BCUT2D eigenvalue weighted by atomic mass is 9.96. The lowest BCUT2D eigenvalue weighted by Gasteiger charge is -2.30. The molecule has 1 aliphatic heterocycles. The zero-order valence-corrected chi connectivity index (χ0v) is 12.9. The highest BCUT2D eigenvalue weighted by atomic mass is 79.9. The Hall–Kier alpha value is -0.940. The number of rotatable bonds is 3. The molecule has 0 aromatic carbocycles. The third kappa shape index (κ3) is 3.34. The van der Waals surface area contributed by atoms with Gasteiger partial charge in [-0.15, -0.1) is 0 Å². The molecule has 5 heteroatoms. The van der Waals surface area contributed by atoms with Crippen LogP contribution >= 0.6 is 15.9 Å². The van der Waals surface area contributed by atoms with E-state index in [1.807, 2.05) is 6.20 Å². The molecule has 0 atom stereocenters. The Bertz CT molecular complexity index is 483. The van der Waals surface area contributed by atoms with E-state index in [-0.39, 0.29) is 5.92 Å². The van der Waals surface area contributed by atoms with Gasteiger partial charge in [-0.2, -0.15) is 0 Å². The first-order chi connectivity index (χ1) is 8.99. The number of hydrogen-bond donors (Lipinski definition) is 1. The van der Waals surface area contributed by atoms with Gasteiger partial charge >= 0.3 is 5.97 Å². The molecule has 0 spiro atoms. The molecule has 1 aromatic rings. The van der Waals surface area contributed by atoms with Crippen molar-refractivity contribution in [3.8, 4) is 0 Å². The van der Waals surface area contributed by atoms with Gasteiger partial charge in [0.05, 0.1) is 5.92 Å². The maximum atomic E-state index is 10.9. The fourth-order valence-corrected chi connectivity index (χ4v) is 2.86. The number of aromatic nitrogens is 1. The van der Waals surface area contributed by atoms with E-state index in [1.54, 1.807) is 0 Å². The summed E-state index contributed by atoms with van der Waals surface area (Å²) < 4.78 is 0.901. The highest BCUT2D eigenvalue weighted by molar-refractivity contribution is 9.10. The van der Waals surface area contributed by atoms with Gasteiger partial charge in [-0.05, 0) is 72.4 Å². The van der Waals surface area contributed by atoms with Crippen LogP contribution in [0, 0.1) is 19.8 Å². The molecule has 4 nitrogen and oxygen atoms in total. The molecule has 1 aliphatic rings. The molecule has 0 saturated carbocycles. The number of hydrogen-bond acceptors (Lipinski definition) is 3. The zero-order valence-electron chi connectivity index (χ0n) is 11.3. The van der Waals surface area contributed by atoms with Crippen LogP contribution in [-0.4, -0.2) is 34.0 Å². The molecule has 2 heterocycles. The highest BCUT2D eigenvalue weighted by Gasteiger charge is 2.24. The fourth-order valence-electron chi connectivity index (χ4n) is 2.46. The van der Waals surface area contributed by atoms with Crippen molar-refractivity contribution < 1.29 is 9.90 Å². The van der Waals surface area contributed by atoms with E-state index >= 15 is 0 Å². The second kappa shape index (κ2) is 6.01. The van der Waals surface area contributed by atoms with Gasteiger partial charge in [-0.25, -0.2) is 4.98 Å². The Morgan fingerprint density at radius 1 is 1.42 bits per heavy atom. The molecular weight excluding hydrogens is 308 g/mol. The lowest BCUT2D eigenvalue weighted by molar-refractivity contribution is -0.143. The molecule has 1 N–H and O–H groups in total. The maximum Gasteiger partial charge on any atom is 0.306 e. The number of pyridine rings is 1. The highest BCUT2D eigenvalue weighted by Crippen LogP contribution is 2.23. The van der Waals surface area contributed by atoms with Crippen LogP contribution in [0.25, 0.3) is 0 Å². The first-order valence-corrected chi connectivity index (χ1v) is 7.34. The van der Waals surface area contributed by atoms with Crippen LogP contribution in [-0.2, 0) is 11.3 Å².